The van der Waals surface area contributed by atoms with E-state index in [1.54, 1.807) is 43.3 Å². The molecule has 3 amide bonds. The molecule has 0 aliphatic carbocycles. The maximum Gasteiger partial charge on any atom is 0.737 e. The fourth-order valence-electron chi connectivity index (χ4n) is 7.97. The number of rotatable bonds is 24. The van der Waals surface area contributed by atoms with E-state index in [0.29, 0.717) is 70.8 Å². The van der Waals surface area contributed by atoms with Gasteiger partial charge in [0.15, 0.2) is 11.4 Å². The molecule has 0 fully saturated rings. The maximum absolute atomic E-state index is 17.2. The quantitative estimate of drug-likeness (QED) is 0.0379. The SMILES string of the molecule is COc1ccc(C2=[N+]3C(=Cc4c(C)cc(CCC(=O)NC(CS(=O)(=O)O)C(=O)NCCN(C)C(=O)CCCCCCC(=O)On5c(O)ccc5O)n4[B-]3(F)F)C(CCC[N+](C)(C)C)=C2)cc1. The molecule has 1 atom stereocenters. The number of hydrogen-bond acceptors (Lipinski definition) is 10. The summed E-state index contributed by atoms with van der Waals surface area (Å²) in [5, 5.41) is 24.0. The number of hydrogen-bond donors (Lipinski definition) is 5. The van der Waals surface area contributed by atoms with Crippen molar-refractivity contribution in [1.82, 2.24) is 24.7 Å². The number of carbonyl (C=O) groups is 4. The Kier molecular flexibility index (Phi) is 16.6. The Bertz CT molecular complexity index is 2470. The van der Waals surface area contributed by atoms with Crippen LogP contribution in [-0.4, -0.2) is 149 Å². The lowest BCUT2D eigenvalue weighted by Gasteiger charge is -2.32. The van der Waals surface area contributed by atoms with Gasteiger partial charge in [-0.15, -0.1) is 4.73 Å². The highest BCUT2D eigenvalue weighted by Gasteiger charge is 2.54. The number of nitrogens with one attached hydrogen (secondary N) is 2. The van der Waals surface area contributed by atoms with Gasteiger partial charge >= 0.3 is 12.9 Å². The Labute approximate surface area is 383 Å². The number of fused-ring (bicyclic) bond motifs is 2. The third-order valence-electron chi connectivity index (χ3n) is 11.4. The Hall–Kier alpha value is -6.00. The van der Waals surface area contributed by atoms with Gasteiger partial charge in [-0.25, -0.2) is 4.79 Å². The summed E-state index contributed by atoms with van der Waals surface area (Å²) in [5.41, 5.74) is 3.13. The Morgan fingerprint density at radius 1 is 0.924 bits per heavy atom. The van der Waals surface area contributed by atoms with Crippen LogP contribution in [-0.2, 0) is 35.7 Å². The number of benzene rings is 1. The summed E-state index contributed by atoms with van der Waals surface area (Å²) in [4.78, 5) is 57.4. The molecule has 5 N–H and O–H groups in total. The van der Waals surface area contributed by atoms with Crippen LogP contribution < -0.4 is 20.2 Å². The highest BCUT2D eigenvalue weighted by atomic mass is 32.2. The summed E-state index contributed by atoms with van der Waals surface area (Å²) in [7, 11) is 4.49. The largest absolute Gasteiger partial charge is 0.737 e. The highest BCUT2D eigenvalue weighted by molar-refractivity contribution is 7.85. The monoisotopic (exact) mass is 944 g/mol. The van der Waals surface area contributed by atoms with Gasteiger partial charge in [-0.2, -0.15) is 8.42 Å². The van der Waals surface area contributed by atoms with Crippen molar-refractivity contribution in [3.05, 3.63) is 82.3 Å². The number of aromatic nitrogens is 2. The molecule has 18 nitrogen and oxygen atoms in total. The van der Waals surface area contributed by atoms with E-state index in [0.717, 1.165) is 32.0 Å². The summed E-state index contributed by atoms with van der Waals surface area (Å²) in [6.45, 7) is -2.02. The first-order valence-electron chi connectivity index (χ1n) is 21.8. The van der Waals surface area contributed by atoms with E-state index in [4.69, 9.17) is 9.57 Å². The molecular formula is C44H61BF2N7O11S+. The first-order valence-corrected chi connectivity index (χ1v) is 23.4. The number of halogens is 2. The van der Waals surface area contributed by atoms with Crippen LogP contribution in [0.4, 0.5) is 8.63 Å². The standard InChI is InChI=1S/C44H60BF2N7O11S/c1-30-26-33(51-36(30)28-38-32(12-11-25-54(3,4)5)27-37(52(38)45(51,46)47)31-15-18-34(64-6)19-16-31)17-20-39(55)49-35(29-66(61,62)63)44(60)48-23-24-50(2)40(56)13-9-7-8-10-14-43(59)65-53-41(57)21-22-42(53)58/h15-16,18-19,21-22,26-28,35H,7-14,17,20,23-25,29H2,1-6H3,(H4-,48,49,55,57,58,60,61,62,63)/p+1. The molecule has 2 aliphatic heterocycles. The van der Waals surface area contributed by atoms with Crippen molar-refractivity contribution in [2.75, 3.05) is 60.7 Å². The van der Waals surface area contributed by atoms with Gasteiger partial charge in [-0.1, -0.05) is 12.8 Å². The van der Waals surface area contributed by atoms with Crippen LogP contribution in [0.5, 0.6) is 17.5 Å². The molecular weight excluding hydrogens is 883 g/mol. The summed E-state index contributed by atoms with van der Waals surface area (Å²) in [6.07, 6.45) is 6.71. The first kappa shape index (κ1) is 51.0. The second-order valence-electron chi connectivity index (χ2n) is 17.7. The van der Waals surface area contributed by atoms with Gasteiger partial charge in [0, 0.05) is 86.9 Å². The fourth-order valence-corrected chi connectivity index (χ4v) is 8.63. The van der Waals surface area contributed by atoms with Gasteiger partial charge in [0.25, 0.3) is 10.1 Å². The Morgan fingerprint density at radius 2 is 1.58 bits per heavy atom. The Balaban J connectivity index is 1.16. The van der Waals surface area contributed by atoms with E-state index < -0.39 is 64.8 Å². The fraction of sp³-hybridized carbons (Fsp3) is 0.477. The number of ether oxygens (including phenoxy) is 1. The third kappa shape index (κ3) is 13.3. The molecule has 66 heavy (non-hydrogen) atoms. The van der Waals surface area contributed by atoms with Crippen molar-refractivity contribution in [2.24, 2.45) is 0 Å². The molecule has 2 aromatic heterocycles. The van der Waals surface area contributed by atoms with Gasteiger partial charge in [0.05, 0.1) is 34.8 Å². The molecule has 0 radical (unpaired) electrons. The number of unbranched alkanes of at least 4 members (excludes halogenated alkanes) is 3. The minimum absolute atomic E-state index is 0.0262. The molecule has 0 saturated heterocycles. The Morgan fingerprint density at radius 3 is 2.20 bits per heavy atom. The molecule has 0 spiro atoms. The summed E-state index contributed by atoms with van der Waals surface area (Å²) < 4.78 is 76.4. The molecule has 2 aliphatic rings. The second-order valence-corrected chi connectivity index (χ2v) is 19.2. The van der Waals surface area contributed by atoms with Crippen LogP contribution in [0.3, 0.4) is 0 Å². The van der Waals surface area contributed by atoms with Crippen LogP contribution in [0.2, 0.25) is 0 Å². The lowest BCUT2D eigenvalue weighted by Crippen LogP contribution is -2.52. The van der Waals surface area contributed by atoms with E-state index in [2.05, 4.69) is 31.8 Å². The van der Waals surface area contributed by atoms with Crippen LogP contribution in [0, 0.1) is 6.92 Å². The highest BCUT2D eigenvalue weighted by Crippen LogP contribution is 2.40. The zero-order chi connectivity index (χ0) is 48.6. The topological polar surface area (TPSA) is 222 Å². The number of nitrogens with zero attached hydrogens (tertiary/aromatic N) is 5. The van der Waals surface area contributed by atoms with Crippen LogP contribution in [0.15, 0.2) is 59.8 Å². The molecule has 0 bridgehead atoms. The van der Waals surface area contributed by atoms with E-state index in [-0.39, 0.29) is 44.0 Å². The minimum atomic E-state index is -4.77. The number of aryl methyl sites for hydroxylation is 2. The van der Waals surface area contributed by atoms with Crippen LogP contribution in [0.25, 0.3) is 6.08 Å². The summed E-state index contributed by atoms with van der Waals surface area (Å²) in [5.74, 6) is -4.06. The number of quaternary nitrogens is 1. The van der Waals surface area contributed by atoms with E-state index >= 15 is 8.63 Å². The van der Waals surface area contributed by atoms with Crippen molar-refractivity contribution < 1.29 is 69.5 Å². The number of aromatic hydroxyl groups is 2. The molecule has 4 heterocycles. The zero-order valence-electron chi connectivity index (χ0n) is 38.3. The van der Waals surface area contributed by atoms with Crippen molar-refractivity contribution >= 4 is 52.6 Å². The lowest BCUT2D eigenvalue weighted by atomic mass is 9.88. The van der Waals surface area contributed by atoms with E-state index in [1.165, 1.54) is 31.2 Å². The van der Waals surface area contributed by atoms with Crippen molar-refractivity contribution in [3.63, 3.8) is 0 Å². The minimum Gasteiger partial charge on any atom is -0.497 e. The zero-order valence-corrected chi connectivity index (χ0v) is 39.1. The molecule has 360 valence electrons. The number of methoxy groups -OCH3 is 1. The first-order chi connectivity index (χ1) is 31.0. The average Bonchev–Trinajstić information content (AvgIpc) is 3.89. The van der Waals surface area contributed by atoms with E-state index in [1.807, 2.05) is 6.08 Å². The van der Waals surface area contributed by atoms with Crippen LogP contribution in [0.1, 0.15) is 80.3 Å². The van der Waals surface area contributed by atoms with Crippen molar-refractivity contribution in [2.45, 2.75) is 77.2 Å². The lowest BCUT2D eigenvalue weighted by molar-refractivity contribution is -0.870. The van der Waals surface area contributed by atoms with E-state index in [9.17, 15) is 42.4 Å². The van der Waals surface area contributed by atoms with Gasteiger partial charge in [0.1, 0.15) is 17.5 Å². The van der Waals surface area contributed by atoms with Gasteiger partial charge < -0.3 is 57.4 Å². The normalized spacial score (nSPS) is 14.7. The number of likely N-dealkylation sites (N-methyl/N-ethyl adjacent to an activating group) is 1. The second kappa shape index (κ2) is 21.5. The van der Waals surface area contributed by atoms with Crippen molar-refractivity contribution in [1.29, 1.82) is 0 Å². The van der Waals surface area contributed by atoms with Crippen molar-refractivity contribution in [3.8, 4) is 17.5 Å². The molecule has 1 unspecified atom stereocenters. The smallest absolute Gasteiger partial charge is 0.497 e. The summed E-state index contributed by atoms with van der Waals surface area (Å²) >= 11 is 0. The van der Waals surface area contributed by atoms with Gasteiger partial charge in [-0.3, -0.25) is 18.9 Å². The molecule has 5 rings (SSSR count). The predicted molar refractivity (Wildman–Crippen MR) is 242 cm³/mol. The molecule has 0 saturated carbocycles. The average molecular weight is 945 g/mol. The van der Waals surface area contributed by atoms with Gasteiger partial charge in [-0.05, 0) is 74.2 Å². The number of amides is 3. The predicted octanol–water partition coefficient (Wildman–Crippen LogP) is 3.40. The molecule has 1 aromatic carbocycles. The van der Waals surface area contributed by atoms with Crippen LogP contribution >= 0.6 is 0 Å². The molecule has 3 aromatic rings. The maximum atomic E-state index is 17.2. The molecule has 22 heteroatoms. The third-order valence-corrected chi connectivity index (χ3v) is 12.1. The summed E-state index contributed by atoms with van der Waals surface area (Å²) in [6, 6.07) is 9.09. The van der Waals surface area contributed by atoms with Gasteiger partial charge in [0.2, 0.25) is 29.5 Å². The number of carbonyl (C=O) groups excluding carboxylic acids is 4. The number of allylic oxidation sites excluding steroid dienone is 2.